The Morgan fingerprint density at radius 1 is 1.33 bits per heavy atom. The highest BCUT2D eigenvalue weighted by atomic mass is 16.3. The Balaban J connectivity index is 2.14. The van der Waals surface area contributed by atoms with Crippen molar-refractivity contribution >= 4 is 17.3 Å². The van der Waals surface area contributed by atoms with E-state index in [1.54, 1.807) is 32.3 Å². The Bertz CT molecular complexity index is 508. The molecule has 116 valence electrons. The molecule has 0 saturated heterocycles. The van der Waals surface area contributed by atoms with Crippen LogP contribution in [-0.2, 0) is 0 Å². The zero-order valence-electron chi connectivity index (χ0n) is 12.9. The third-order valence-electron chi connectivity index (χ3n) is 4.07. The molecule has 2 rings (SSSR count). The predicted molar refractivity (Wildman–Crippen MR) is 85.4 cm³/mol. The molecule has 4 N–H and O–H groups in total. The number of benzene rings is 1. The molecule has 5 nitrogen and oxygen atoms in total. The molecule has 1 saturated carbocycles. The van der Waals surface area contributed by atoms with E-state index in [4.69, 9.17) is 5.73 Å². The number of aliphatic hydroxyl groups is 1. The molecule has 0 aromatic heterocycles. The highest BCUT2D eigenvalue weighted by molar-refractivity contribution is 6.00. The van der Waals surface area contributed by atoms with E-state index in [-0.39, 0.29) is 5.91 Å². The number of carbonyl (C=O) groups excluding carboxylic acids is 1. The standard InChI is InChI=1S/C16H25N3O2/c1-19(2)15(20)13-7-6-12(17)10-14(13)18-11-16(21)8-4-3-5-9-16/h6-7,10,18,21H,3-5,8-9,11,17H2,1-2H3. The molecule has 0 spiro atoms. The van der Waals surface area contributed by atoms with Gasteiger partial charge in [-0.25, -0.2) is 0 Å². The molecule has 1 aromatic carbocycles. The number of carbonyl (C=O) groups is 1. The number of rotatable bonds is 4. The van der Waals surface area contributed by atoms with Gasteiger partial charge in [0.25, 0.3) is 5.91 Å². The number of anilines is 2. The highest BCUT2D eigenvalue weighted by Crippen LogP contribution is 2.29. The fourth-order valence-electron chi connectivity index (χ4n) is 2.78. The smallest absolute Gasteiger partial charge is 0.255 e. The highest BCUT2D eigenvalue weighted by Gasteiger charge is 2.29. The lowest BCUT2D eigenvalue weighted by atomic mass is 9.85. The fraction of sp³-hybridized carbons (Fsp3) is 0.562. The van der Waals surface area contributed by atoms with Crippen molar-refractivity contribution in [3.05, 3.63) is 23.8 Å². The molecule has 1 fully saturated rings. The number of nitrogens with two attached hydrogens (primary N) is 1. The van der Waals surface area contributed by atoms with Gasteiger partial charge < -0.3 is 21.1 Å². The van der Waals surface area contributed by atoms with Crippen LogP contribution in [0.4, 0.5) is 11.4 Å². The fourth-order valence-corrected chi connectivity index (χ4v) is 2.78. The Morgan fingerprint density at radius 2 is 2.00 bits per heavy atom. The second-order valence-corrected chi connectivity index (χ2v) is 6.14. The number of hydrogen-bond acceptors (Lipinski definition) is 4. The van der Waals surface area contributed by atoms with Crippen molar-refractivity contribution in [3.8, 4) is 0 Å². The topological polar surface area (TPSA) is 78.6 Å². The second-order valence-electron chi connectivity index (χ2n) is 6.14. The average Bonchev–Trinajstić information content (AvgIpc) is 2.45. The molecule has 0 aliphatic heterocycles. The molecular weight excluding hydrogens is 266 g/mol. The summed E-state index contributed by atoms with van der Waals surface area (Å²) in [6, 6.07) is 5.20. The van der Waals surface area contributed by atoms with Crippen molar-refractivity contribution in [1.82, 2.24) is 4.90 Å². The van der Waals surface area contributed by atoms with E-state index in [1.165, 1.54) is 11.3 Å². The van der Waals surface area contributed by atoms with Gasteiger partial charge in [0.05, 0.1) is 11.2 Å². The minimum absolute atomic E-state index is 0.0758. The summed E-state index contributed by atoms with van der Waals surface area (Å²) in [5, 5.41) is 13.8. The van der Waals surface area contributed by atoms with Gasteiger partial charge in [0.2, 0.25) is 0 Å². The molecular formula is C16H25N3O2. The first-order chi connectivity index (χ1) is 9.91. The number of nitrogens with one attached hydrogen (secondary N) is 1. The van der Waals surface area contributed by atoms with E-state index in [9.17, 15) is 9.90 Å². The van der Waals surface area contributed by atoms with Crippen LogP contribution in [0.5, 0.6) is 0 Å². The predicted octanol–water partition coefficient (Wildman–Crippen LogP) is 2.08. The van der Waals surface area contributed by atoms with E-state index in [0.29, 0.717) is 23.5 Å². The SMILES string of the molecule is CN(C)C(=O)c1ccc(N)cc1NCC1(O)CCCCC1. The molecule has 1 aromatic rings. The number of nitrogen functional groups attached to an aromatic ring is 1. The van der Waals surface area contributed by atoms with E-state index in [1.807, 2.05) is 0 Å². The summed E-state index contributed by atoms with van der Waals surface area (Å²) in [5.41, 5.74) is 7.00. The van der Waals surface area contributed by atoms with Crippen LogP contribution in [0.1, 0.15) is 42.5 Å². The number of nitrogens with zero attached hydrogens (tertiary/aromatic N) is 1. The third-order valence-corrected chi connectivity index (χ3v) is 4.07. The quantitative estimate of drug-likeness (QED) is 0.742. The average molecular weight is 291 g/mol. The van der Waals surface area contributed by atoms with Gasteiger partial charge in [-0.1, -0.05) is 19.3 Å². The summed E-state index contributed by atoms with van der Waals surface area (Å²) in [6.45, 7) is 0.449. The Hall–Kier alpha value is -1.75. The van der Waals surface area contributed by atoms with E-state index in [0.717, 1.165) is 25.7 Å². The van der Waals surface area contributed by atoms with Crippen LogP contribution in [-0.4, -0.2) is 42.2 Å². The molecule has 0 unspecified atom stereocenters. The summed E-state index contributed by atoms with van der Waals surface area (Å²) in [5.74, 6) is -0.0758. The maximum Gasteiger partial charge on any atom is 0.255 e. The van der Waals surface area contributed by atoms with Crippen LogP contribution in [0.25, 0.3) is 0 Å². The van der Waals surface area contributed by atoms with Crippen LogP contribution >= 0.6 is 0 Å². The van der Waals surface area contributed by atoms with E-state index >= 15 is 0 Å². The first-order valence-electron chi connectivity index (χ1n) is 7.49. The largest absolute Gasteiger partial charge is 0.399 e. The maximum absolute atomic E-state index is 12.2. The van der Waals surface area contributed by atoms with Gasteiger partial charge in [-0.05, 0) is 31.0 Å². The second kappa shape index (κ2) is 6.35. The van der Waals surface area contributed by atoms with Crippen LogP contribution in [0.15, 0.2) is 18.2 Å². The zero-order chi connectivity index (χ0) is 15.5. The summed E-state index contributed by atoms with van der Waals surface area (Å²) in [7, 11) is 3.44. The normalized spacial score (nSPS) is 17.3. The molecule has 1 amide bonds. The third kappa shape index (κ3) is 3.88. The van der Waals surface area contributed by atoms with Crippen molar-refractivity contribution in [1.29, 1.82) is 0 Å². The molecule has 0 atom stereocenters. The number of amides is 1. The van der Waals surface area contributed by atoms with Crippen LogP contribution in [0.3, 0.4) is 0 Å². The van der Waals surface area contributed by atoms with Gasteiger partial charge in [-0.2, -0.15) is 0 Å². The Morgan fingerprint density at radius 3 is 2.62 bits per heavy atom. The van der Waals surface area contributed by atoms with E-state index in [2.05, 4.69) is 5.32 Å². The lowest BCUT2D eigenvalue weighted by Crippen LogP contribution is -2.39. The van der Waals surface area contributed by atoms with Gasteiger partial charge in [-0.3, -0.25) is 4.79 Å². The van der Waals surface area contributed by atoms with Crippen molar-refractivity contribution in [2.45, 2.75) is 37.7 Å². The molecule has 1 aliphatic rings. The maximum atomic E-state index is 12.2. The van der Waals surface area contributed by atoms with Crippen LogP contribution < -0.4 is 11.1 Å². The van der Waals surface area contributed by atoms with E-state index < -0.39 is 5.60 Å². The minimum Gasteiger partial charge on any atom is -0.399 e. The summed E-state index contributed by atoms with van der Waals surface area (Å²) in [6.07, 6.45) is 4.90. The Kier molecular flexibility index (Phi) is 4.73. The molecule has 21 heavy (non-hydrogen) atoms. The monoisotopic (exact) mass is 291 g/mol. The van der Waals surface area contributed by atoms with Crippen molar-refractivity contribution in [3.63, 3.8) is 0 Å². The number of hydrogen-bond donors (Lipinski definition) is 3. The van der Waals surface area contributed by atoms with Crippen molar-refractivity contribution in [2.75, 3.05) is 31.7 Å². The first-order valence-corrected chi connectivity index (χ1v) is 7.49. The summed E-state index contributed by atoms with van der Waals surface area (Å²) in [4.78, 5) is 13.7. The Labute approximate surface area is 126 Å². The molecule has 0 bridgehead atoms. The summed E-state index contributed by atoms with van der Waals surface area (Å²) >= 11 is 0. The molecule has 0 radical (unpaired) electrons. The van der Waals surface area contributed by atoms with Crippen molar-refractivity contribution in [2.24, 2.45) is 0 Å². The first kappa shape index (κ1) is 15.6. The van der Waals surface area contributed by atoms with Gasteiger partial charge in [0.15, 0.2) is 0 Å². The lowest BCUT2D eigenvalue weighted by molar-refractivity contribution is 0.0167. The molecule has 5 heteroatoms. The van der Waals surface area contributed by atoms with Gasteiger partial charge in [0.1, 0.15) is 0 Å². The minimum atomic E-state index is -0.679. The molecule has 0 heterocycles. The van der Waals surface area contributed by atoms with Crippen LogP contribution in [0.2, 0.25) is 0 Å². The van der Waals surface area contributed by atoms with Gasteiger partial charge in [0, 0.05) is 32.0 Å². The van der Waals surface area contributed by atoms with Crippen LogP contribution in [0, 0.1) is 0 Å². The lowest BCUT2D eigenvalue weighted by Gasteiger charge is -2.32. The summed E-state index contributed by atoms with van der Waals surface area (Å²) < 4.78 is 0. The zero-order valence-corrected chi connectivity index (χ0v) is 12.9. The van der Waals surface area contributed by atoms with Gasteiger partial charge >= 0.3 is 0 Å². The van der Waals surface area contributed by atoms with Gasteiger partial charge in [-0.15, -0.1) is 0 Å². The molecule has 1 aliphatic carbocycles. The van der Waals surface area contributed by atoms with Crippen molar-refractivity contribution < 1.29 is 9.90 Å².